The van der Waals surface area contributed by atoms with Gasteiger partial charge in [-0.2, -0.15) is 0 Å². The van der Waals surface area contributed by atoms with Gasteiger partial charge in [-0.15, -0.1) is 6.58 Å². The van der Waals surface area contributed by atoms with E-state index in [0.717, 1.165) is 12.8 Å². The van der Waals surface area contributed by atoms with Crippen LogP contribution in [-0.4, -0.2) is 32.5 Å². The second kappa shape index (κ2) is 14.7. The van der Waals surface area contributed by atoms with Crippen LogP contribution in [0.15, 0.2) is 35.6 Å². The Kier molecular flexibility index (Phi) is 13.2. The monoisotopic (exact) mass is 428 g/mol. The van der Waals surface area contributed by atoms with Crippen LogP contribution < -0.4 is 0 Å². The Hall–Kier alpha value is -1.20. The maximum atomic E-state index is 14.3. The molecule has 1 saturated carbocycles. The first-order valence-electron chi connectivity index (χ1n) is 11.6. The highest BCUT2D eigenvalue weighted by Gasteiger charge is 2.31. The van der Waals surface area contributed by atoms with Gasteiger partial charge in [0, 0.05) is 0 Å². The third-order valence-corrected chi connectivity index (χ3v) is 5.98. The average molecular weight is 429 g/mol. The summed E-state index contributed by atoms with van der Waals surface area (Å²) in [5.41, 5.74) is 0.314. The van der Waals surface area contributed by atoms with Crippen molar-refractivity contribution in [2.24, 2.45) is 11.8 Å². The summed E-state index contributed by atoms with van der Waals surface area (Å²) in [6, 6.07) is 0. The van der Waals surface area contributed by atoms with E-state index in [2.05, 4.69) is 26.5 Å². The molecular formula is C25H42F2O3. The molecule has 0 bridgehead atoms. The van der Waals surface area contributed by atoms with E-state index in [1.54, 1.807) is 6.92 Å². The van der Waals surface area contributed by atoms with Crippen LogP contribution in [-0.2, 0) is 14.2 Å². The van der Waals surface area contributed by atoms with Crippen molar-refractivity contribution in [1.82, 2.24) is 0 Å². The largest absolute Gasteiger partial charge is 0.498 e. The van der Waals surface area contributed by atoms with Crippen LogP contribution in [0, 0.1) is 11.8 Å². The number of methoxy groups -OCH3 is 1. The summed E-state index contributed by atoms with van der Waals surface area (Å²) in [5.74, 6) is -0.597. The molecular weight excluding hydrogens is 386 g/mol. The average Bonchev–Trinajstić information content (AvgIpc) is 2.79. The lowest BCUT2D eigenvalue weighted by Crippen LogP contribution is -2.37. The van der Waals surface area contributed by atoms with Crippen molar-refractivity contribution in [3.05, 3.63) is 35.6 Å². The van der Waals surface area contributed by atoms with Gasteiger partial charge in [-0.3, -0.25) is 0 Å². The van der Waals surface area contributed by atoms with Gasteiger partial charge < -0.3 is 14.2 Å². The molecule has 0 spiro atoms. The molecule has 0 radical (unpaired) electrons. The molecule has 1 aliphatic carbocycles. The summed E-state index contributed by atoms with van der Waals surface area (Å²) in [5, 5.41) is 0. The van der Waals surface area contributed by atoms with E-state index in [4.69, 9.17) is 14.2 Å². The molecule has 2 rings (SSSR count). The second-order valence-corrected chi connectivity index (χ2v) is 8.35. The lowest BCUT2D eigenvalue weighted by molar-refractivity contribution is -0.104. The smallest absolute Gasteiger partial charge is 0.196 e. The second-order valence-electron chi connectivity index (χ2n) is 8.35. The Morgan fingerprint density at radius 2 is 1.67 bits per heavy atom. The molecule has 2 fully saturated rings. The Balaban J connectivity index is 0.00000141. The van der Waals surface area contributed by atoms with Gasteiger partial charge in [-0.25, -0.2) is 8.78 Å². The van der Waals surface area contributed by atoms with Gasteiger partial charge >= 0.3 is 0 Å². The highest BCUT2D eigenvalue weighted by molar-refractivity contribution is 5.27. The van der Waals surface area contributed by atoms with Crippen molar-refractivity contribution >= 4 is 0 Å². The zero-order chi connectivity index (χ0) is 22.5. The summed E-state index contributed by atoms with van der Waals surface area (Å²) < 4.78 is 44.9. The summed E-state index contributed by atoms with van der Waals surface area (Å²) in [6.07, 6.45) is 10.6. The van der Waals surface area contributed by atoms with E-state index in [0.29, 0.717) is 36.5 Å². The van der Waals surface area contributed by atoms with Crippen molar-refractivity contribution < 1.29 is 23.0 Å². The van der Waals surface area contributed by atoms with Crippen LogP contribution in [0.3, 0.4) is 0 Å². The summed E-state index contributed by atoms with van der Waals surface area (Å²) >= 11 is 0. The van der Waals surface area contributed by atoms with Gasteiger partial charge in [-0.05, 0) is 69.3 Å². The fourth-order valence-electron chi connectivity index (χ4n) is 3.94. The van der Waals surface area contributed by atoms with E-state index in [9.17, 15) is 8.78 Å². The molecule has 2 aliphatic rings. The number of rotatable bonds is 8. The minimum Gasteiger partial charge on any atom is -0.498 e. The zero-order valence-electron chi connectivity index (χ0n) is 19.6. The van der Waals surface area contributed by atoms with Gasteiger partial charge in [0.25, 0.3) is 0 Å². The van der Waals surface area contributed by atoms with Gasteiger partial charge in [0.15, 0.2) is 11.7 Å². The van der Waals surface area contributed by atoms with Crippen LogP contribution in [0.4, 0.5) is 8.78 Å². The molecule has 2 unspecified atom stereocenters. The molecule has 0 N–H and O–H groups in total. The third-order valence-electron chi connectivity index (χ3n) is 5.98. The number of hydrogen-bond acceptors (Lipinski definition) is 3. The van der Waals surface area contributed by atoms with Crippen LogP contribution in [0.2, 0.25) is 0 Å². The summed E-state index contributed by atoms with van der Waals surface area (Å²) in [7, 11) is 1.32. The van der Waals surface area contributed by atoms with Crippen LogP contribution in [0.5, 0.6) is 0 Å². The third kappa shape index (κ3) is 8.50. The van der Waals surface area contributed by atoms with Gasteiger partial charge in [0.1, 0.15) is 5.76 Å². The lowest BCUT2D eigenvalue weighted by Gasteiger charge is -2.37. The predicted molar refractivity (Wildman–Crippen MR) is 120 cm³/mol. The van der Waals surface area contributed by atoms with E-state index in [1.807, 2.05) is 0 Å². The van der Waals surface area contributed by atoms with Gasteiger partial charge in [0.2, 0.25) is 0 Å². The topological polar surface area (TPSA) is 27.7 Å². The molecule has 3 nitrogen and oxygen atoms in total. The number of halogens is 2. The molecule has 0 aromatic rings. The van der Waals surface area contributed by atoms with E-state index < -0.39 is 11.7 Å². The Morgan fingerprint density at radius 3 is 2.13 bits per heavy atom. The van der Waals surface area contributed by atoms with E-state index >= 15 is 0 Å². The molecule has 0 aromatic carbocycles. The first-order chi connectivity index (χ1) is 14.4. The number of allylic oxidation sites excluding steroid dienone is 4. The molecule has 1 aliphatic heterocycles. The van der Waals surface area contributed by atoms with Crippen LogP contribution in [0.1, 0.15) is 79.1 Å². The lowest BCUT2D eigenvalue weighted by atomic mass is 9.78. The summed E-state index contributed by atoms with van der Waals surface area (Å²) in [4.78, 5) is 0. The van der Waals surface area contributed by atoms with Gasteiger partial charge in [-0.1, -0.05) is 33.3 Å². The quantitative estimate of drug-likeness (QED) is 0.228. The van der Waals surface area contributed by atoms with Crippen molar-refractivity contribution in [1.29, 1.82) is 0 Å². The molecule has 174 valence electrons. The van der Waals surface area contributed by atoms with Crippen molar-refractivity contribution in [2.45, 2.75) is 91.3 Å². The van der Waals surface area contributed by atoms with E-state index in [1.165, 1.54) is 46.1 Å². The highest BCUT2D eigenvalue weighted by atomic mass is 19.2. The normalized spacial score (nSPS) is 28.5. The minimum absolute atomic E-state index is 0.0596. The van der Waals surface area contributed by atoms with Crippen molar-refractivity contribution in [3.63, 3.8) is 0 Å². The SMILES string of the molecule is C=CC1CCC(C2CCC(OC/C(CC)=C(F)/C(F)=C(\C)OC)CO2)CC1.CCC. The maximum Gasteiger partial charge on any atom is 0.196 e. The van der Waals surface area contributed by atoms with Crippen LogP contribution >= 0.6 is 0 Å². The molecule has 0 aromatic heterocycles. The number of ether oxygens (including phenoxy) is 3. The molecule has 0 amide bonds. The minimum atomic E-state index is -0.951. The first-order valence-corrected chi connectivity index (χ1v) is 11.6. The molecule has 1 heterocycles. The molecule has 2 atom stereocenters. The predicted octanol–water partition coefficient (Wildman–Crippen LogP) is 7.44. The maximum absolute atomic E-state index is 14.3. The standard InChI is InChI=1S/C22H34F2O3.C3H8/c1-5-16-7-9-18(10-8-16)20-12-11-19(14-27-20)26-13-17(6-2)22(24)21(23)15(3)25-4;1-3-2/h5,16,18-20H,1,6-14H2,2-4H3;3H2,1-2H3/b21-15-,22-17-;. The molecule has 5 heteroatoms. The Labute approximate surface area is 182 Å². The molecule has 1 saturated heterocycles. The van der Waals surface area contributed by atoms with Crippen molar-refractivity contribution in [2.75, 3.05) is 20.3 Å². The number of hydrogen-bond donors (Lipinski definition) is 0. The Bertz CT molecular complexity index is 555. The fraction of sp³-hybridized carbons (Fsp3) is 0.760. The molecule has 30 heavy (non-hydrogen) atoms. The summed E-state index contributed by atoms with van der Waals surface area (Å²) in [6.45, 7) is 12.0. The zero-order valence-corrected chi connectivity index (χ0v) is 19.6. The fourth-order valence-corrected chi connectivity index (χ4v) is 3.94. The van der Waals surface area contributed by atoms with E-state index in [-0.39, 0.29) is 18.5 Å². The van der Waals surface area contributed by atoms with Crippen LogP contribution in [0.25, 0.3) is 0 Å². The van der Waals surface area contributed by atoms with Gasteiger partial charge in [0.05, 0.1) is 32.5 Å². The first kappa shape index (κ1) is 26.8. The van der Waals surface area contributed by atoms with Crippen molar-refractivity contribution in [3.8, 4) is 0 Å². The highest BCUT2D eigenvalue weighted by Crippen LogP contribution is 2.35. The Morgan fingerprint density at radius 1 is 1.03 bits per heavy atom.